The van der Waals surface area contributed by atoms with E-state index in [-0.39, 0.29) is 17.7 Å². The van der Waals surface area contributed by atoms with Crippen LogP contribution in [0.25, 0.3) is 0 Å². The Hall–Kier alpha value is -2.06. The SMILES string of the molecule is CCC(C#N)N1CCN(C(=O)c2ccccc2O)CC1. The van der Waals surface area contributed by atoms with Gasteiger partial charge in [0.1, 0.15) is 5.75 Å². The van der Waals surface area contributed by atoms with E-state index >= 15 is 0 Å². The number of para-hydroxylation sites is 1. The number of piperazine rings is 1. The molecule has 1 heterocycles. The number of hydrogen-bond donors (Lipinski definition) is 1. The van der Waals surface area contributed by atoms with Gasteiger partial charge in [0.15, 0.2) is 0 Å². The predicted molar refractivity (Wildman–Crippen MR) is 75.3 cm³/mol. The van der Waals surface area contributed by atoms with Gasteiger partial charge in [-0.1, -0.05) is 19.1 Å². The summed E-state index contributed by atoms with van der Waals surface area (Å²) in [5.41, 5.74) is 0.341. The molecule has 0 aliphatic carbocycles. The third-order valence-corrected chi connectivity index (χ3v) is 3.71. The average Bonchev–Trinajstić information content (AvgIpc) is 2.49. The zero-order valence-corrected chi connectivity index (χ0v) is 11.6. The number of phenols is 1. The second-order valence-corrected chi connectivity index (χ2v) is 4.90. The molecule has 1 aliphatic heterocycles. The number of hydrogen-bond acceptors (Lipinski definition) is 4. The first-order valence-corrected chi connectivity index (χ1v) is 6.88. The van der Waals surface area contributed by atoms with Crippen LogP contribution in [0.4, 0.5) is 0 Å². The van der Waals surface area contributed by atoms with E-state index in [4.69, 9.17) is 5.26 Å². The molecular weight excluding hydrogens is 254 g/mol. The van der Waals surface area contributed by atoms with Gasteiger partial charge in [-0.3, -0.25) is 9.69 Å². The minimum absolute atomic E-state index is 0.0170. The molecule has 1 aromatic carbocycles. The van der Waals surface area contributed by atoms with E-state index in [1.54, 1.807) is 23.1 Å². The third kappa shape index (κ3) is 2.91. The molecule has 0 spiro atoms. The summed E-state index contributed by atoms with van der Waals surface area (Å²) >= 11 is 0. The van der Waals surface area contributed by atoms with Gasteiger partial charge in [-0.05, 0) is 18.6 Å². The summed E-state index contributed by atoms with van der Waals surface area (Å²) in [5.74, 6) is -0.129. The van der Waals surface area contributed by atoms with E-state index in [2.05, 4.69) is 11.0 Å². The number of amides is 1. The zero-order chi connectivity index (χ0) is 14.5. The topological polar surface area (TPSA) is 67.6 Å². The van der Waals surface area contributed by atoms with Crippen molar-refractivity contribution in [3.63, 3.8) is 0 Å². The molecule has 1 aromatic rings. The van der Waals surface area contributed by atoms with Crippen LogP contribution in [-0.4, -0.2) is 53.0 Å². The van der Waals surface area contributed by atoms with Crippen LogP contribution in [-0.2, 0) is 0 Å². The number of carbonyl (C=O) groups is 1. The molecule has 5 heteroatoms. The number of nitriles is 1. The summed E-state index contributed by atoms with van der Waals surface area (Å²) in [6.07, 6.45) is 0.796. The zero-order valence-electron chi connectivity index (χ0n) is 11.6. The van der Waals surface area contributed by atoms with Gasteiger partial charge in [0.25, 0.3) is 5.91 Å². The Morgan fingerprint density at radius 1 is 1.35 bits per heavy atom. The largest absolute Gasteiger partial charge is 0.507 e. The highest BCUT2D eigenvalue weighted by Crippen LogP contribution is 2.19. The van der Waals surface area contributed by atoms with Gasteiger partial charge >= 0.3 is 0 Å². The van der Waals surface area contributed by atoms with Crippen LogP contribution in [0.1, 0.15) is 23.7 Å². The van der Waals surface area contributed by atoms with Gasteiger partial charge in [0.2, 0.25) is 0 Å². The lowest BCUT2D eigenvalue weighted by Gasteiger charge is -2.36. The fourth-order valence-corrected chi connectivity index (χ4v) is 2.49. The molecule has 0 bridgehead atoms. The molecule has 1 N–H and O–H groups in total. The molecule has 5 nitrogen and oxygen atoms in total. The summed E-state index contributed by atoms with van der Waals surface area (Å²) in [6.45, 7) is 4.57. The Morgan fingerprint density at radius 2 is 2.00 bits per heavy atom. The van der Waals surface area contributed by atoms with Crippen molar-refractivity contribution in [3.05, 3.63) is 29.8 Å². The van der Waals surface area contributed by atoms with E-state index in [1.165, 1.54) is 6.07 Å². The van der Waals surface area contributed by atoms with Crippen molar-refractivity contribution >= 4 is 5.91 Å². The van der Waals surface area contributed by atoms with Gasteiger partial charge in [-0.25, -0.2) is 0 Å². The van der Waals surface area contributed by atoms with Crippen molar-refractivity contribution in [2.75, 3.05) is 26.2 Å². The van der Waals surface area contributed by atoms with Crippen molar-refractivity contribution in [2.24, 2.45) is 0 Å². The maximum Gasteiger partial charge on any atom is 0.257 e. The van der Waals surface area contributed by atoms with Crippen LogP contribution in [0, 0.1) is 11.3 Å². The molecule has 0 aromatic heterocycles. The predicted octanol–water partition coefficient (Wildman–Crippen LogP) is 1.45. The van der Waals surface area contributed by atoms with Gasteiger partial charge in [0.05, 0.1) is 17.7 Å². The molecule has 1 atom stereocenters. The second kappa shape index (κ2) is 6.40. The normalized spacial score (nSPS) is 17.5. The van der Waals surface area contributed by atoms with E-state index in [0.717, 1.165) is 6.42 Å². The average molecular weight is 273 g/mol. The molecule has 0 radical (unpaired) electrons. The van der Waals surface area contributed by atoms with Crippen molar-refractivity contribution < 1.29 is 9.90 Å². The van der Waals surface area contributed by atoms with Gasteiger partial charge < -0.3 is 10.0 Å². The lowest BCUT2D eigenvalue weighted by molar-refractivity contribution is 0.0602. The molecular formula is C15H19N3O2. The van der Waals surface area contributed by atoms with Crippen LogP contribution in [0.3, 0.4) is 0 Å². The van der Waals surface area contributed by atoms with Crippen LogP contribution < -0.4 is 0 Å². The van der Waals surface area contributed by atoms with Crippen molar-refractivity contribution in [3.8, 4) is 11.8 Å². The fourth-order valence-electron chi connectivity index (χ4n) is 2.49. The summed E-state index contributed by atoms with van der Waals surface area (Å²) in [4.78, 5) is 16.2. The van der Waals surface area contributed by atoms with Crippen LogP contribution in [0.5, 0.6) is 5.75 Å². The van der Waals surface area contributed by atoms with E-state index < -0.39 is 0 Å². The minimum atomic E-state index is -0.146. The minimum Gasteiger partial charge on any atom is -0.507 e. The number of aromatic hydroxyl groups is 1. The third-order valence-electron chi connectivity index (χ3n) is 3.71. The maximum atomic E-state index is 12.3. The van der Waals surface area contributed by atoms with E-state index in [0.29, 0.717) is 31.7 Å². The first kappa shape index (κ1) is 14.4. The standard InChI is InChI=1S/C15H19N3O2/c1-2-12(11-16)17-7-9-18(10-8-17)15(20)13-5-3-4-6-14(13)19/h3-6,12,19H,2,7-10H2,1H3. The number of nitrogens with zero attached hydrogens (tertiary/aromatic N) is 3. The summed E-state index contributed by atoms with van der Waals surface area (Å²) in [6, 6.07) is 8.81. The van der Waals surface area contributed by atoms with Crippen molar-refractivity contribution in [1.82, 2.24) is 9.80 Å². The van der Waals surface area contributed by atoms with Gasteiger partial charge in [-0.15, -0.1) is 0 Å². The number of carbonyl (C=O) groups excluding carboxylic acids is 1. The highest BCUT2D eigenvalue weighted by Gasteiger charge is 2.26. The lowest BCUT2D eigenvalue weighted by atomic mass is 10.1. The Morgan fingerprint density at radius 3 is 2.55 bits per heavy atom. The molecule has 20 heavy (non-hydrogen) atoms. The molecule has 2 rings (SSSR count). The summed E-state index contributed by atoms with van der Waals surface area (Å²) in [7, 11) is 0. The molecule has 1 unspecified atom stereocenters. The monoisotopic (exact) mass is 273 g/mol. The van der Waals surface area contributed by atoms with E-state index in [9.17, 15) is 9.90 Å². The summed E-state index contributed by atoms with van der Waals surface area (Å²) in [5, 5.41) is 18.8. The number of rotatable bonds is 3. The van der Waals surface area contributed by atoms with E-state index in [1.807, 2.05) is 6.92 Å². The van der Waals surface area contributed by atoms with Crippen LogP contribution in [0.2, 0.25) is 0 Å². The molecule has 0 saturated carbocycles. The molecule has 1 fully saturated rings. The van der Waals surface area contributed by atoms with Crippen LogP contribution in [0.15, 0.2) is 24.3 Å². The lowest BCUT2D eigenvalue weighted by Crippen LogP contribution is -2.51. The Kier molecular flexibility index (Phi) is 4.59. The van der Waals surface area contributed by atoms with Gasteiger partial charge in [-0.2, -0.15) is 5.26 Å². The second-order valence-electron chi connectivity index (χ2n) is 4.90. The van der Waals surface area contributed by atoms with Gasteiger partial charge in [0, 0.05) is 26.2 Å². The number of benzene rings is 1. The quantitative estimate of drug-likeness (QED) is 0.905. The smallest absolute Gasteiger partial charge is 0.257 e. The molecule has 1 amide bonds. The molecule has 106 valence electrons. The summed E-state index contributed by atoms with van der Waals surface area (Å²) < 4.78 is 0. The molecule has 1 aliphatic rings. The highest BCUT2D eigenvalue weighted by molar-refractivity contribution is 5.96. The first-order valence-electron chi connectivity index (χ1n) is 6.88. The number of phenolic OH excluding ortho intramolecular Hbond substituents is 1. The highest BCUT2D eigenvalue weighted by atomic mass is 16.3. The molecule has 1 saturated heterocycles. The maximum absolute atomic E-state index is 12.3. The Balaban J connectivity index is 1.99. The van der Waals surface area contributed by atoms with Crippen LogP contribution >= 0.6 is 0 Å². The Bertz CT molecular complexity index is 516. The first-order chi connectivity index (χ1) is 9.67. The van der Waals surface area contributed by atoms with Crippen molar-refractivity contribution in [2.45, 2.75) is 19.4 Å². The van der Waals surface area contributed by atoms with Crippen molar-refractivity contribution in [1.29, 1.82) is 5.26 Å². The Labute approximate surface area is 119 Å². The fraction of sp³-hybridized carbons (Fsp3) is 0.467.